The number of ether oxygens (including phenoxy) is 2. The van der Waals surface area contributed by atoms with Crippen molar-refractivity contribution in [1.29, 1.82) is 0 Å². The number of methoxy groups -OCH3 is 2. The number of anilines is 1. The van der Waals surface area contributed by atoms with E-state index < -0.39 is 0 Å². The van der Waals surface area contributed by atoms with E-state index in [-0.39, 0.29) is 11.7 Å². The average Bonchev–Trinajstić information content (AvgIpc) is 3.04. The van der Waals surface area contributed by atoms with Crippen LogP contribution in [0, 0.1) is 12.7 Å². The van der Waals surface area contributed by atoms with Gasteiger partial charge in [-0.3, -0.25) is 4.79 Å². The molecule has 26 heavy (non-hydrogen) atoms. The number of benzene rings is 2. The minimum Gasteiger partial charge on any atom is -0.497 e. The molecular weight excluding hydrogens is 337 g/mol. The third-order valence-electron chi connectivity index (χ3n) is 3.95. The maximum absolute atomic E-state index is 13.1. The highest BCUT2D eigenvalue weighted by Crippen LogP contribution is 2.31. The van der Waals surface area contributed by atoms with Crippen molar-refractivity contribution >= 4 is 11.6 Å². The first-order chi connectivity index (χ1) is 12.5. The van der Waals surface area contributed by atoms with Gasteiger partial charge in [0, 0.05) is 11.6 Å². The number of rotatable bonds is 5. The fraction of sp³-hybridized carbons (Fsp3) is 0.150. The van der Waals surface area contributed by atoms with E-state index in [1.165, 1.54) is 19.2 Å². The van der Waals surface area contributed by atoms with Crippen molar-refractivity contribution in [3.8, 4) is 22.8 Å². The van der Waals surface area contributed by atoms with Crippen molar-refractivity contribution in [3.63, 3.8) is 0 Å². The summed E-state index contributed by atoms with van der Waals surface area (Å²) in [6.45, 7) is 1.70. The lowest BCUT2D eigenvalue weighted by Crippen LogP contribution is -2.13. The lowest BCUT2D eigenvalue weighted by Gasteiger charge is -2.11. The molecule has 1 aromatic heterocycles. The highest BCUT2D eigenvalue weighted by molar-refractivity contribution is 6.06. The fourth-order valence-corrected chi connectivity index (χ4v) is 2.57. The van der Waals surface area contributed by atoms with Gasteiger partial charge >= 0.3 is 0 Å². The summed E-state index contributed by atoms with van der Waals surface area (Å²) in [5.41, 5.74) is 1.56. The Balaban J connectivity index is 1.88. The molecule has 1 heterocycles. The van der Waals surface area contributed by atoms with E-state index in [1.54, 1.807) is 50.4 Å². The molecule has 5 nitrogen and oxygen atoms in total. The van der Waals surface area contributed by atoms with Gasteiger partial charge in [-0.25, -0.2) is 4.39 Å². The first-order valence-electron chi connectivity index (χ1n) is 7.91. The van der Waals surface area contributed by atoms with Crippen LogP contribution in [0.15, 0.2) is 52.9 Å². The monoisotopic (exact) mass is 355 g/mol. The zero-order chi connectivity index (χ0) is 18.7. The van der Waals surface area contributed by atoms with Gasteiger partial charge in [0.1, 0.15) is 28.8 Å². The molecule has 0 aliphatic carbocycles. The van der Waals surface area contributed by atoms with Crippen LogP contribution >= 0.6 is 0 Å². The van der Waals surface area contributed by atoms with E-state index in [0.717, 1.165) is 0 Å². The Morgan fingerprint density at radius 2 is 1.77 bits per heavy atom. The first kappa shape index (κ1) is 17.5. The molecular formula is C20H18FNO4. The molecule has 6 heteroatoms. The number of nitrogens with one attached hydrogen (secondary N) is 1. The van der Waals surface area contributed by atoms with Crippen molar-refractivity contribution in [1.82, 2.24) is 0 Å². The van der Waals surface area contributed by atoms with E-state index in [1.807, 2.05) is 0 Å². The number of halogens is 1. The Labute approximate surface area is 150 Å². The molecule has 0 unspecified atom stereocenters. The summed E-state index contributed by atoms with van der Waals surface area (Å²) >= 11 is 0. The predicted octanol–water partition coefficient (Wildman–Crippen LogP) is 4.66. The number of hydrogen-bond acceptors (Lipinski definition) is 4. The Kier molecular flexibility index (Phi) is 4.93. The summed E-state index contributed by atoms with van der Waals surface area (Å²) in [5, 5.41) is 2.80. The van der Waals surface area contributed by atoms with Gasteiger partial charge in [-0.15, -0.1) is 0 Å². The third kappa shape index (κ3) is 3.54. The maximum Gasteiger partial charge on any atom is 0.259 e. The summed E-state index contributed by atoms with van der Waals surface area (Å²) < 4.78 is 29.2. The van der Waals surface area contributed by atoms with Crippen molar-refractivity contribution < 1.29 is 23.1 Å². The molecule has 0 aliphatic heterocycles. The van der Waals surface area contributed by atoms with E-state index in [0.29, 0.717) is 39.8 Å². The van der Waals surface area contributed by atoms with Gasteiger partial charge in [0.15, 0.2) is 0 Å². The lowest BCUT2D eigenvalue weighted by molar-refractivity contribution is 0.102. The van der Waals surface area contributed by atoms with Gasteiger partial charge in [-0.2, -0.15) is 0 Å². The van der Waals surface area contributed by atoms with Gasteiger partial charge in [-0.1, -0.05) is 0 Å². The third-order valence-corrected chi connectivity index (χ3v) is 3.95. The number of hydrogen-bond donors (Lipinski definition) is 1. The van der Waals surface area contributed by atoms with Gasteiger partial charge < -0.3 is 19.2 Å². The quantitative estimate of drug-likeness (QED) is 0.723. The van der Waals surface area contributed by atoms with Crippen LogP contribution < -0.4 is 14.8 Å². The van der Waals surface area contributed by atoms with Crippen molar-refractivity contribution in [2.24, 2.45) is 0 Å². The lowest BCUT2D eigenvalue weighted by atomic mass is 10.1. The average molecular weight is 355 g/mol. The van der Waals surface area contributed by atoms with Crippen LogP contribution in [-0.2, 0) is 0 Å². The second kappa shape index (κ2) is 7.31. The van der Waals surface area contributed by atoms with Crippen molar-refractivity contribution in [3.05, 3.63) is 65.7 Å². The Hall–Kier alpha value is -3.28. The van der Waals surface area contributed by atoms with Crippen LogP contribution in [0.3, 0.4) is 0 Å². The Morgan fingerprint density at radius 3 is 2.42 bits per heavy atom. The predicted molar refractivity (Wildman–Crippen MR) is 96.3 cm³/mol. The van der Waals surface area contributed by atoms with Crippen LogP contribution in [0.5, 0.6) is 11.5 Å². The second-order valence-electron chi connectivity index (χ2n) is 5.61. The number of furan rings is 1. The Bertz CT molecular complexity index is 931. The zero-order valence-corrected chi connectivity index (χ0v) is 14.6. The van der Waals surface area contributed by atoms with Crippen LogP contribution in [0.1, 0.15) is 16.1 Å². The first-order valence-corrected chi connectivity index (χ1v) is 7.91. The summed E-state index contributed by atoms with van der Waals surface area (Å²) in [4.78, 5) is 12.7. The summed E-state index contributed by atoms with van der Waals surface area (Å²) in [6, 6.07) is 12.6. The van der Waals surface area contributed by atoms with Crippen LogP contribution in [0.4, 0.5) is 10.1 Å². The molecule has 3 rings (SSSR count). The van der Waals surface area contributed by atoms with Crippen LogP contribution in [0.25, 0.3) is 11.3 Å². The summed E-state index contributed by atoms with van der Waals surface area (Å²) in [6.07, 6.45) is 0. The van der Waals surface area contributed by atoms with Crippen molar-refractivity contribution in [2.45, 2.75) is 6.92 Å². The van der Waals surface area contributed by atoms with Gasteiger partial charge in [0.05, 0.1) is 25.5 Å². The molecule has 1 amide bonds. The number of amides is 1. The highest BCUT2D eigenvalue weighted by Gasteiger charge is 2.18. The minimum absolute atomic E-state index is 0.333. The second-order valence-corrected chi connectivity index (χ2v) is 5.61. The molecule has 2 aromatic carbocycles. The molecule has 0 saturated carbocycles. The molecule has 0 radical (unpaired) electrons. The van der Waals surface area contributed by atoms with E-state index in [4.69, 9.17) is 13.9 Å². The van der Waals surface area contributed by atoms with Gasteiger partial charge in [0.25, 0.3) is 5.91 Å². The molecule has 134 valence electrons. The van der Waals surface area contributed by atoms with Gasteiger partial charge in [0.2, 0.25) is 0 Å². The molecule has 0 aliphatic rings. The highest BCUT2D eigenvalue weighted by atomic mass is 19.1. The number of carbonyl (C=O) groups is 1. The summed E-state index contributed by atoms with van der Waals surface area (Å²) in [7, 11) is 3.07. The molecule has 0 spiro atoms. The van der Waals surface area contributed by atoms with E-state index >= 15 is 0 Å². The Morgan fingerprint density at radius 1 is 1.04 bits per heavy atom. The molecule has 1 N–H and O–H groups in total. The van der Waals surface area contributed by atoms with E-state index in [2.05, 4.69) is 5.32 Å². The minimum atomic E-state index is -0.342. The molecule has 0 fully saturated rings. The maximum atomic E-state index is 13.1. The largest absolute Gasteiger partial charge is 0.497 e. The smallest absolute Gasteiger partial charge is 0.259 e. The number of carbonyl (C=O) groups excluding carboxylic acids is 1. The molecule has 0 atom stereocenters. The van der Waals surface area contributed by atoms with E-state index in [9.17, 15) is 9.18 Å². The topological polar surface area (TPSA) is 60.7 Å². The fourth-order valence-electron chi connectivity index (χ4n) is 2.57. The van der Waals surface area contributed by atoms with Crippen LogP contribution in [-0.4, -0.2) is 20.1 Å². The zero-order valence-electron chi connectivity index (χ0n) is 14.6. The SMILES string of the molecule is COc1ccc(OC)c(NC(=O)c2cc(-c3ccc(F)cc3)oc2C)c1. The van der Waals surface area contributed by atoms with Gasteiger partial charge in [-0.05, 0) is 49.4 Å². The molecule has 0 bridgehead atoms. The molecule has 3 aromatic rings. The van der Waals surface area contributed by atoms with Crippen LogP contribution in [0.2, 0.25) is 0 Å². The normalized spacial score (nSPS) is 10.5. The summed E-state index contributed by atoms with van der Waals surface area (Å²) in [5.74, 6) is 1.39. The van der Waals surface area contributed by atoms with Crippen molar-refractivity contribution in [2.75, 3.05) is 19.5 Å². The molecule has 0 saturated heterocycles. The standard InChI is InChI=1S/C20H18FNO4/c1-12-16(11-19(26-12)13-4-6-14(21)7-5-13)20(23)22-17-10-15(24-2)8-9-18(17)25-3/h4-11H,1-3H3,(H,22,23). The number of aryl methyl sites for hydroxylation is 1.